The number of aryl methyl sites for hydroxylation is 2. The topological polar surface area (TPSA) is 64.9 Å². The molecule has 3 aromatic rings. The van der Waals surface area contributed by atoms with E-state index in [0.717, 1.165) is 11.3 Å². The molecule has 0 atom stereocenters. The molecule has 1 heterocycles. The van der Waals surface area contributed by atoms with E-state index in [2.05, 4.69) is 46.0 Å². The second-order valence-corrected chi connectivity index (χ2v) is 5.40. The van der Waals surface area contributed by atoms with Crippen molar-refractivity contribution in [3.63, 3.8) is 0 Å². The minimum Gasteiger partial charge on any atom is -0.489 e. The third-order valence-electron chi connectivity index (χ3n) is 3.48. The van der Waals surface area contributed by atoms with Crippen molar-refractivity contribution >= 4 is 5.95 Å². The van der Waals surface area contributed by atoms with Gasteiger partial charge in [0, 0.05) is 13.6 Å². The van der Waals surface area contributed by atoms with Crippen molar-refractivity contribution in [3.8, 4) is 5.75 Å². The standard InChI is InChI=1S/C17H19N5O/c1-13-4-3-5-15(10-13)12-23-16-8-6-14(7-9-16)11-18-17-19-20-21-22(17)2/h3-10H,11-12H2,1-2H3,(H,18,19,21). The van der Waals surface area contributed by atoms with E-state index in [1.807, 2.05) is 30.3 Å². The number of hydrogen-bond donors (Lipinski definition) is 1. The maximum absolute atomic E-state index is 5.81. The molecule has 0 saturated heterocycles. The lowest BCUT2D eigenvalue weighted by Gasteiger charge is -2.08. The Balaban J connectivity index is 1.53. The van der Waals surface area contributed by atoms with Gasteiger partial charge >= 0.3 is 0 Å². The normalized spacial score (nSPS) is 10.5. The SMILES string of the molecule is Cc1cccc(COc2ccc(CNc3nnnn3C)cc2)c1. The molecule has 0 radical (unpaired) electrons. The minimum atomic E-state index is 0.573. The van der Waals surface area contributed by atoms with E-state index in [-0.39, 0.29) is 0 Å². The Morgan fingerprint density at radius 3 is 2.61 bits per heavy atom. The molecule has 2 aromatic carbocycles. The van der Waals surface area contributed by atoms with Crippen molar-refractivity contribution < 1.29 is 4.74 Å². The van der Waals surface area contributed by atoms with Crippen molar-refractivity contribution in [2.24, 2.45) is 7.05 Å². The number of nitrogens with zero attached hydrogens (tertiary/aromatic N) is 4. The maximum atomic E-state index is 5.81. The van der Waals surface area contributed by atoms with Gasteiger partial charge in [0.05, 0.1) is 0 Å². The molecule has 23 heavy (non-hydrogen) atoms. The number of tetrazole rings is 1. The van der Waals surface area contributed by atoms with Crippen LogP contribution in [0, 0.1) is 6.92 Å². The molecule has 6 heteroatoms. The van der Waals surface area contributed by atoms with Gasteiger partial charge in [-0.3, -0.25) is 0 Å². The lowest BCUT2D eigenvalue weighted by atomic mass is 10.1. The van der Waals surface area contributed by atoms with Crippen LogP contribution in [0.4, 0.5) is 5.95 Å². The molecule has 0 aliphatic carbocycles. The summed E-state index contributed by atoms with van der Waals surface area (Å²) in [6.07, 6.45) is 0. The van der Waals surface area contributed by atoms with Crippen molar-refractivity contribution in [2.75, 3.05) is 5.32 Å². The molecule has 0 bridgehead atoms. The Labute approximate surface area is 135 Å². The van der Waals surface area contributed by atoms with Gasteiger partial charge in [-0.2, -0.15) is 0 Å². The zero-order valence-corrected chi connectivity index (χ0v) is 13.2. The highest BCUT2D eigenvalue weighted by Gasteiger charge is 2.02. The maximum Gasteiger partial charge on any atom is 0.242 e. The predicted octanol–water partition coefficient (Wildman–Crippen LogP) is 2.71. The van der Waals surface area contributed by atoms with Crippen LogP contribution in [-0.4, -0.2) is 20.2 Å². The number of hydrogen-bond acceptors (Lipinski definition) is 5. The zero-order chi connectivity index (χ0) is 16.1. The van der Waals surface area contributed by atoms with E-state index in [0.29, 0.717) is 19.1 Å². The lowest BCUT2D eigenvalue weighted by molar-refractivity contribution is 0.306. The van der Waals surface area contributed by atoms with Crippen molar-refractivity contribution in [1.82, 2.24) is 20.2 Å². The van der Waals surface area contributed by atoms with E-state index in [1.165, 1.54) is 11.1 Å². The quantitative estimate of drug-likeness (QED) is 0.758. The third kappa shape index (κ3) is 4.06. The van der Waals surface area contributed by atoms with Crippen molar-refractivity contribution in [3.05, 3.63) is 65.2 Å². The number of ether oxygens (including phenoxy) is 1. The van der Waals surface area contributed by atoms with Crippen LogP contribution >= 0.6 is 0 Å². The van der Waals surface area contributed by atoms with Gasteiger partial charge in [-0.25, -0.2) is 4.68 Å². The first-order valence-corrected chi connectivity index (χ1v) is 7.44. The summed E-state index contributed by atoms with van der Waals surface area (Å²) in [4.78, 5) is 0. The molecule has 0 aliphatic heterocycles. The Hall–Kier alpha value is -2.89. The van der Waals surface area contributed by atoms with Crippen LogP contribution in [0.5, 0.6) is 5.75 Å². The highest BCUT2D eigenvalue weighted by Crippen LogP contribution is 2.15. The molecule has 0 aliphatic rings. The summed E-state index contributed by atoms with van der Waals surface area (Å²) in [5.74, 6) is 1.50. The zero-order valence-electron chi connectivity index (χ0n) is 13.2. The molecule has 118 valence electrons. The predicted molar refractivity (Wildman–Crippen MR) is 88.1 cm³/mol. The van der Waals surface area contributed by atoms with Crippen molar-refractivity contribution in [1.29, 1.82) is 0 Å². The van der Waals surface area contributed by atoms with Gasteiger partial charge < -0.3 is 10.1 Å². The summed E-state index contributed by atoms with van der Waals surface area (Å²) in [6, 6.07) is 16.3. The van der Waals surface area contributed by atoms with E-state index in [4.69, 9.17) is 4.74 Å². The largest absolute Gasteiger partial charge is 0.489 e. The molecule has 3 rings (SSSR count). The lowest BCUT2D eigenvalue weighted by Crippen LogP contribution is -2.05. The molecular formula is C17H19N5O. The van der Waals surface area contributed by atoms with Crippen molar-refractivity contribution in [2.45, 2.75) is 20.1 Å². The fraction of sp³-hybridized carbons (Fsp3) is 0.235. The second kappa shape index (κ2) is 6.91. The molecule has 0 saturated carbocycles. The van der Waals surface area contributed by atoms with Crippen LogP contribution in [-0.2, 0) is 20.2 Å². The first-order valence-electron chi connectivity index (χ1n) is 7.44. The van der Waals surface area contributed by atoms with E-state index in [1.54, 1.807) is 11.7 Å². The summed E-state index contributed by atoms with van der Waals surface area (Å²) in [5, 5.41) is 14.4. The summed E-state index contributed by atoms with van der Waals surface area (Å²) in [7, 11) is 1.80. The fourth-order valence-corrected chi connectivity index (χ4v) is 2.23. The average Bonchev–Trinajstić information content (AvgIpc) is 2.97. The molecule has 0 unspecified atom stereocenters. The molecule has 0 spiro atoms. The average molecular weight is 309 g/mol. The molecular weight excluding hydrogens is 290 g/mol. The van der Waals surface area contributed by atoms with Gasteiger partial charge in [0.15, 0.2) is 0 Å². The van der Waals surface area contributed by atoms with E-state index >= 15 is 0 Å². The van der Waals surface area contributed by atoms with Gasteiger partial charge in [0.1, 0.15) is 12.4 Å². The monoisotopic (exact) mass is 309 g/mol. The first kappa shape index (κ1) is 15.0. The summed E-state index contributed by atoms with van der Waals surface area (Å²) >= 11 is 0. The van der Waals surface area contributed by atoms with Crippen LogP contribution in [0.25, 0.3) is 0 Å². The van der Waals surface area contributed by atoms with Gasteiger partial charge in [-0.1, -0.05) is 47.1 Å². The number of aromatic nitrogens is 4. The Morgan fingerprint density at radius 2 is 1.91 bits per heavy atom. The number of anilines is 1. The van der Waals surface area contributed by atoms with Crippen LogP contribution < -0.4 is 10.1 Å². The van der Waals surface area contributed by atoms with Gasteiger partial charge in [0.25, 0.3) is 0 Å². The Morgan fingerprint density at radius 1 is 1.09 bits per heavy atom. The van der Waals surface area contributed by atoms with E-state index in [9.17, 15) is 0 Å². The van der Waals surface area contributed by atoms with Crippen LogP contribution in [0.2, 0.25) is 0 Å². The molecule has 0 amide bonds. The van der Waals surface area contributed by atoms with Gasteiger partial charge in [0.2, 0.25) is 5.95 Å². The Bertz CT molecular complexity index is 767. The molecule has 6 nitrogen and oxygen atoms in total. The molecule has 0 fully saturated rings. The highest BCUT2D eigenvalue weighted by molar-refractivity contribution is 5.31. The van der Waals surface area contributed by atoms with Crippen LogP contribution in [0.1, 0.15) is 16.7 Å². The number of rotatable bonds is 6. The minimum absolute atomic E-state index is 0.573. The molecule has 1 aromatic heterocycles. The van der Waals surface area contributed by atoms with Gasteiger partial charge in [-0.05, 0) is 40.6 Å². The second-order valence-electron chi connectivity index (χ2n) is 5.40. The smallest absolute Gasteiger partial charge is 0.242 e. The van der Waals surface area contributed by atoms with Crippen LogP contribution in [0.15, 0.2) is 48.5 Å². The highest BCUT2D eigenvalue weighted by atomic mass is 16.5. The summed E-state index contributed by atoms with van der Waals surface area (Å²) in [6.45, 7) is 3.31. The first-order chi connectivity index (χ1) is 11.2. The number of nitrogens with one attached hydrogen (secondary N) is 1. The Kier molecular flexibility index (Phi) is 4.52. The number of benzene rings is 2. The van der Waals surface area contributed by atoms with Crippen LogP contribution in [0.3, 0.4) is 0 Å². The summed E-state index contributed by atoms with van der Waals surface area (Å²) < 4.78 is 7.41. The molecule has 1 N–H and O–H groups in total. The summed E-state index contributed by atoms with van der Waals surface area (Å²) in [5.41, 5.74) is 3.55. The van der Waals surface area contributed by atoms with Gasteiger partial charge in [-0.15, -0.1) is 0 Å². The fourth-order valence-electron chi connectivity index (χ4n) is 2.23. The van der Waals surface area contributed by atoms with E-state index < -0.39 is 0 Å². The third-order valence-corrected chi connectivity index (χ3v) is 3.48.